The summed E-state index contributed by atoms with van der Waals surface area (Å²) >= 11 is 0. The van der Waals surface area contributed by atoms with Crippen molar-refractivity contribution in [1.29, 1.82) is 0 Å². The lowest BCUT2D eigenvalue weighted by Crippen LogP contribution is -2.21. The minimum absolute atomic E-state index is 0.105. The molecule has 1 heterocycles. The molecule has 140 valence electrons. The number of aromatic nitrogens is 2. The van der Waals surface area contributed by atoms with Gasteiger partial charge < -0.3 is 10.1 Å². The van der Waals surface area contributed by atoms with E-state index in [1.807, 2.05) is 6.07 Å². The number of amides is 2. The van der Waals surface area contributed by atoms with Crippen LogP contribution in [0.3, 0.4) is 0 Å². The molecule has 7 nitrogen and oxygen atoms in total. The molecule has 0 saturated heterocycles. The summed E-state index contributed by atoms with van der Waals surface area (Å²) in [6.45, 7) is 1.53. The van der Waals surface area contributed by atoms with Gasteiger partial charge >= 0.3 is 12.4 Å². The molecule has 27 heavy (non-hydrogen) atoms. The van der Waals surface area contributed by atoms with Gasteiger partial charge in [-0.1, -0.05) is 30.3 Å². The lowest BCUT2D eigenvalue weighted by molar-refractivity contribution is -0.274. The van der Waals surface area contributed by atoms with Crippen LogP contribution in [0.25, 0.3) is 11.3 Å². The Balaban J connectivity index is 1.70. The predicted molar refractivity (Wildman–Crippen MR) is 90.2 cm³/mol. The third-order valence-electron chi connectivity index (χ3n) is 3.45. The topological polar surface area (TPSA) is 89.3 Å². The Labute approximate surface area is 151 Å². The van der Waals surface area contributed by atoms with E-state index in [0.717, 1.165) is 12.1 Å². The fraction of sp³-hybridized carbons (Fsp3) is 0.118. The number of anilines is 2. The second kappa shape index (κ2) is 7.36. The molecule has 2 N–H and O–H groups in total. The number of rotatable bonds is 4. The SMILES string of the molecule is Cc1cc(OC(F)(F)F)ccc1NC(=O)Nc1nonc1-c1ccccc1. The molecule has 0 spiro atoms. The number of urea groups is 1. The van der Waals surface area contributed by atoms with Crippen LogP contribution in [0.5, 0.6) is 5.75 Å². The lowest BCUT2D eigenvalue weighted by atomic mass is 10.1. The van der Waals surface area contributed by atoms with Gasteiger partial charge in [-0.3, -0.25) is 5.32 Å². The maximum absolute atomic E-state index is 12.2. The third kappa shape index (κ3) is 4.75. The summed E-state index contributed by atoms with van der Waals surface area (Å²) in [5.74, 6) is -0.272. The van der Waals surface area contributed by atoms with Gasteiger partial charge in [0, 0.05) is 11.3 Å². The number of benzene rings is 2. The van der Waals surface area contributed by atoms with Crippen LogP contribution in [0, 0.1) is 6.92 Å². The Morgan fingerprint density at radius 1 is 1.07 bits per heavy atom. The summed E-state index contributed by atoms with van der Waals surface area (Å²) in [4.78, 5) is 12.2. The number of halogens is 3. The average Bonchev–Trinajstić information content (AvgIpc) is 3.05. The van der Waals surface area contributed by atoms with Gasteiger partial charge in [0.15, 0.2) is 5.69 Å². The van der Waals surface area contributed by atoms with Crippen molar-refractivity contribution < 1.29 is 27.3 Å². The number of carbonyl (C=O) groups is 1. The van der Waals surface area contributed by atoms with Crippen molar-refractivity contribution in [2.75, 3.05) is 10.6 Å². The highest BCUT2D eigenvalue weighted by atomic mass is 19.4. The molecule has 3 aromatic rings. The van der Waals surface area contributed by atoms with E-state index in [-0.39, 0.29) is 11.6 Å². The smallest absolute Gasteiger partial charge is 0.406 e. The molecule has 0 aliphatic heterocycles. The highest BCUT2D eigenvalue weighted by molar-refractivity contribution is 6.01. The number of aryl methyl sites for hydroxylation is 1. The highest BCUT2D eigenvalue weighted by Crippen LogP contribution is 2.27. The van der Waals surface area contributed by atoms with Crippen LogP contribution in [0.2, 0.25) is 0 Å². The highest BCUT2D eigenvalue weighted by Gasteiger charge is 2.31. The number of ether oxygens (including phenoxy) is 1. The van der Waals surface area contributed by atoms with Crippen molar-refractivity contribution in [3.8, 4) is 17.0 Å². The Morgan fingerprint density at radius 2 is 1.81 bits per heavy atom. The Kier molecular flexibility index (Phi) is 4.97. The molecule has 0 bridgehead atoms. The van der Waals surface area contributed by atoms with Crippen LogP contribution in [-0.4, -0.2) is 22.7 Å². The first-order chi connectivity index (χ1) is 12.8. The first kappa shape index (κ1) is 18.2. The second-order valence-electron chi connectivity index (χ2n) is 5.43. The van der Waals surface area contributed by atoms with Gasteiger partial charge in [0.2, 0.25) is 5.82 Å². The van der Waals surface area contributed by atoms with E-state index in [4.69, 9.17) is 0 Å². The maximum atomic E-state index is 12.2. The summed E-state index contributed by atoms with van der Waals surface area (Å²) in [6.07, 6.45) is -4.79. The first-order valence-corrected chi connectivity index (χ1v) is 7.64. The summed E-state index contributed by atoms with van der Waals surface area (Å²) in [5.41, 5.74) is 1.73. The normalized spacial score (nSPS) is 11.1. The van der Waals surface area contributed by atoms with E-state index in [1.165, 1.54) is 13.0 Å². The van der Waals surface area contributed by atoms with Crippen LogP contribution in [0.1, 0.15) is 5.56 Å². The molecule has 10 heteroatoms. The number of carbonyl (C=O) groups excluding carboxylic acids is 1. The standard InChI is InChI=1S/C17H13F3N4O3/c1-10-9-12(26-17(18,19)20)7-8-13(10)21-16(25)22-15-14(23-27-24-15)11-5-3-2-4-6-11/h2-9H,1H3,(H2,21,22,24,25). The van der Waals surface area contributed by atoms with Crippen molar-refractivity contribution >= 4 is 17.5 Å². The van der Waals surface area contributed by atoms with Crippen molar-refractivity contribution in [3.63, 3.8) is 0 Å². The molecule has 0 aliphatic rings. The third-order valence-corrected chi connectivity index (χ3v) is 3.45. The largest absolute Gasteiger partial charge is 0.573 e. The molecule has 0 radical (unpaired) electrons. The van der Waals surface area contributed by atoms with E-state index < -0.39 is 12.4 Å². The monoisotopic (exact) mass is 378 g/mol. The maximum Gasteiger partial charge on any atom is 0.573 e. The minimum atomic E-state index is -4.79. The van der Waals surface area contributed by atoms with Crippen LogP contribution >= 0.6 is 0 Å². The Morgan fingerprint density at radius 3 is 2.48 bits per heavy atom. The molecule has 1 aromatic heterocycles. The van der Waals surface area contributed by atoms with Gasteiger partial charge in [0.05, 0.1) is 0 Å². The Bertz CT molecular complexity index is 942. The van der Waals surface area contributed by atoms with Crippen LogP contribution in [0.15, 0.2) is 53.2 Å². The van der Waals surface area contributed by atoms with Crippen LogP contribution in [0.4, 0.5) is 29.5 Å². The van der Waals surface area contributed by atoms with Gasteiger partial charge in [-0.25, -0.2) is 9.42 Å². The number of hydrogen-bond acceptors (Lipinski definition) is 5. The molecule has 0 atom stereocenters. The van der Waals surface area contributed by atoms with Gasteiger partial charge in [-0.2, -0.15) is 0 Å². The van der Waals surface area contributed by atoms with Crippen molar-refractivity contribution in [1.82, 2.24) is 10.3 Å². The predicted octanol–water partition coefficient (Wildman–Crippen LogP) is 4.59. The molecule has 0 fully saturated rings. The van der Waals surface area contributed by atoms with Crippen molar-refractivity contribution in [2.45, 2.75) is 13.3 Å². The average molecular weight is 378 g/mol. The molecule has 2 amide bonds. The van der Waals surface area contributed by atoms with E-state index in [9.17, 15) is 18.0 Å². The van der Waals surface area contributed by atoms with Gasteiger partial charge in [0.1, 0.15) is 5.75 Å². The van der Waals surface area contributed by atoms with E-state index >= 15 is 0 Å². The summed E-state index contributed by atoms with van der Waals surface area (Å²) in [6, 6.07) is 11.9. The first-order valence-electron chi connectivity index (χ1n) is 7.64. The molecule has 3 rings (SSSR count). The number of nitrogens with one attached hydrogen (secondary N) is 2. The van der Waals surface area contributed by atoms with E-state index in [2.05, 4.69) is 30.3 Å². The number of alkyl halides is 3. The van der Waals surface area contributed by atoms with Crippen molar-refractivity contribution in [2.24, 2.45) is 0 Å². The molecule has 0 saturated carbocycles. The number of hydrogen-bond donors (Lipinski definition) is 2. The van der Waals surface area contributed by atoms with Gasteiger partial charge in [0.25, 0.3) is 0 Å². The zero-order valence-corrected chi connectivity index (χ0v) is 13.9. The lowest BCUT2D eigenvalue weighted by Gasteiger charge is -2.12. The van der Waals surface area contributed by atoms with Gasteiger partial charge in [-0.05, 0) is 41.0 Å². The summed E-state index contributed by atoms with van der Waals surface area (Å²) in [5, 5.41) is 12.4. The molecular formula is C17H13F3N4O3. The molecular weight excluding hydrogens is 365 g/mol. The zero-order chi connectivity index (χ0) is 19.4. The van der Waals surface area contributed by atoms with E-state index in [0.29, 0.717) is 22.5 Å². The zero-order valence-electron chi connectivity index (χ0n) is 13.9. The van der Waals surface area contributed by atoms with Gasteiger partial charge in [-0.15, -0.1) is 13.2 Å². The fourth-order valence-corrected chi connectivity index (χ4v) is 2.29. The van der Waals surface area contributed by atoms with Crippen LogP contribution < -0.4 is 15.4 Å². The molecule has 0 aliphatic carbocycles. The Hall–Kier alpha value is -3.56. The number of nitrogens with zero attached hydrogens (tertiary/aromatic N) is 2. The van der Waals surface area contributed by atoms with Crippen molar-refractivity contribution in [3.05, 3.63) is 54.1 Å². The summed E-state index contributed by atoms with van der Waals surface area (Å²) in [7, 11) is 0. The molecule has 2 aromatic carbocycles. The minimum Gasteiger partial charge on any atom is -0.406 e. The summed E-state index contributed by atoms with van der Waals surface area (Å²) < 4.78 is 45.3. The quantitative estimate of drug-likeness (QED) is 0.693. The second-order valence-corrected chi connectivity index (χ2v) is 5.43. The fourth-order valence-electron chi connectivity index (χ4n) is 2.29. The van der Waals surface area contributed by atoms with Crippen LogP contribution in [-0.2, 0) is 0 Å². The van der Waals surface area contributed by atoms with E-state index in [1.54, 1.807) is 24.3 Å². The molecule has 0 unspecified atom stereocenters.